The summed E-state index contributed by atoms with van der Waals surface area (Å²) in [6.45, 7) is 0. The third-order valence-electron chi connectivity index (χ3n) is 3.67. The molecule has 0 unspecified atom stereocenters. The number of ether oxygens (including phenoxy) is 1. The standard InChI is InChI=1S/C18H13F4N3O2/c1-27-15-10-25(12-5-3-2-4-6-12)24-16(15)17(26)23-11-7-8-14(19)13(9-11)18(20,21)22/h2-10H,1H3,(H,23,26). The van der Waals surface area contributed by atoms with Crippen molar-refractivity contribution in [3.8, 4) is 11.4 Å². The first-order valence-corrected chi connectivity index (χ1v) is 7.67. The number of para-hydroxylation sites is 1. The molecule has 0 aliphatic heterocycles. The molecule has 1 N–H and O–H groups in total. The highest BCUT2D eigenvalue weighted by Gasteiger charge is 2.34. The van der Waals surface area contributed by atoms with E-state index in [9.17, 15) is 22.4 Å². The molecule has 0 saturated heterocycles. The number of carbonyl (C=O) groups is 1. The molecule has 1 amide bonds. The summed E-state index contributed by atoms with van der Waals surface area (Å²) in [6, 6.07) is 11.1. The molecule has 0 saturated carbocycles. The van der Waals surface area contributed by atoms with E-state index in [1.165, 1.54) is 18.0 Å². The molecule has 0 radical (unpaired) electrons. The normalized spacial score (nSPS) is 11.3. The van der Waals surface area contributed by atoms with Crippen LogP contribution in [0.3, 0.4) is 0 Å². The van der Waals surface area contributed by atoms with E-state index in [0.29, 0.717) is 17.8 Å². The minimum atomic E-state index is -4.88. The SMILES string of the molecule is COc1cn(-c2ccccc2)nc1C(=O)Nc1ccc(F)c(C(F)(F)F)c1. The predicted octanol–water partition coefficient (Wildman–Crippen LogP) is 4.29. The number of nitrogens with zero attached hydrogens (tertiary/aromatic N) is 2. The van der Waals surface area contributed by atoms with Crippen LogP contribution in [-0.2, 0) is 6.18 Å². The second-order valence-corrected chi connectivity index (χ2v) is 5.47. The van der Waals surface area contributed by atoms with Crippen molar-refractivity contribution in [2.45, 2.75) is 6.18 Å². The van der Waals surface area contributed by atoms with Crippen LogP contribution in [0.1, 0.15) is 16.1 Å². The third-order valence-corrected chi connectivity index (χ3v) is 3.67. The summed E-state index contributed by atoms with van der Waals surface area (Å²) in [5.41, 5.74) is -1.15. The van der Waals surface area contributed by atoms with E-state index in [-0.39, 0.29) is 17.1 Å². The Morgan fingerprint density at radius 1 is 1.15 bits per heavy atom. The van der Waals surface area contributed by atoms with Crippen LogP contribution in [0.25, 0.3) is 5.69 Å². The lowest BCUT2D eigenvalue weighted by Gasteiger charge is -2.10. The molecule has 3 aromatic rings. The molecule has 0 spiro atoms. The lowest BCUT2D eigenvalue weighted by Crippen LogP contribution is -2.15. The number of alkyl halides is 3. The zero-order valence-corrected chi connectivity index (χ0v) is 13.9. The zero-order valence-electron chi connectivity index (χ0n) is 13.9. The van der Waals surface area contributed by atoms with Gasteiger partial charge >= 0.3 is 6.18 Å². The topological polar surface area (TPSA) is 56.2 Å². The molecule has 1 heterocycles. The van der Waals surface area contributed by atoms with Crippen molar-refractivity contribution in [2.75, 3.05) is 12.4 Å². The van der Waals surface area contributed by atoms with Crippen LogP contribution in [0, 0.1) is 5.82 Å². The number of methoxy groups -OCH3 is 1. The van der Waals surface area contributed by atoms with Crippen molar-refractivity contribution >= 4 is 11.6 Å². The highest BCUT2D eigenvalue weighted by Crippen LogP contribution is 2.33. The Balaban J connectivity index is 1.90. The molecule has 0 atom stereocenters. The minimum absolute atomic E-state index is 0.126. The molecular formula is C18H13F4N3O2. The van der Waals surface area contributed by atoms with Gasteiger partial charge in [0.2, 0.25) is 0 Å². The summed E-state index contributed by atoms with van der Waals surface area (Å²) in [4.78, 5) is 12.4. The summed E-state index contributed by atoms with van der Waals surface area (Å²) in [5, 5.41) is 6.40. The molecule has 9 heteroatoms. The van der Waals surface area contributed by atoms with Crippen molar-refractivity contribution in [3.63, 3.8) is 0 Å². The van der Waals surface area contributed by atoms with Crippen molar-refractivity contribution < 1.29 is 27.1 Å². The van der Waals surface area contributed by atoms with Gasteiger partial charge in [-0.3, -0.25) is 4.79 Å². The number of hydrogen-bond acceptors (Lipinski definition) is 3. The lowest BCUT2D eigenvalue weighted by molar-refractivity contribution is -0.139. The third kappa shape index (κ3) is 3.91. The number of aromatic nitrogens is 2. The molecule has 0 aliphatic carbocycles. The van der Waals surface area contributed by atoms with Gasteiger partial charge in [0, 0.05) is 5.69 Å². The predicted molar refractivity (Wildman–Crippen MR) is 89.5 cm³/mol. The molecule has 2 aromatic carbocycles. The number of benzene rings is 2. The van der Waals surface area contributed by atoms with Gasteiger partial charge in [-0.05, 0) is 30.3 Å². The Labute approximate surface area is 151 Å². The van der Waals surface area contributed by atoms with E-state index in [2.05, 4.69) is 10.4 Å². The highest BCUT2D eigenvalue weighted by atomic mass is 19.4. The van der Waals surface area contributed by atoms with Gasteiger partial charge in [0.15, 0.2) is 11.4 Å². The van der Waals surface area contributed by atoms with Crippen LogP contribution < -0.4 is 10.1 Å². The van der Waals surface area contributed by atoms with Crippen molar-refractivity contribution in [2.24, 2.45) is 0 Å². The Morgan fingerprint density at radius 3 is 2.48 bits per heavy atom. The molecule has 5 nitrogen and oxygen atoms in total. The monoisotopic (exact) mass is 379 g/mol. The fourth-order valence-corrected chi connectivity index (χ4v) is 2.39. The largest absolute Gasteiger partial charge is 0.493 e. The highest BCUT2D eigenvalue weighted by molar-refractivity contribution is 6.04. The van der Waals surface area contributed by atoms with Crippen molar-refractivity contribution in [1.82, 2.24) is 9.78 Å². The van der Waals surface area contributed by atoms with Crippen LogP contribution in [0.5, 0.6) is 5.75 Å². The summed E-state index contributed by atoms with van der Waals surface area (Å²) in [5.74, 6) is -2.08. The molecule has 1 aromatic heterocycles. The first-order valence-electron chi connectivity index (χ1n) is 7.67. The number of carbonyl (C=O) groups excluding carboxylic acids is 1. The second kappa shape index (κ2) is 7.10. The zero-order chi connectivity index (χ0) is 19.6. The summed E-state index contributed by atoms with van der Waals surface area (Å²) >= 11 is 0. The fraction of sp³-hybridized carbons (Fsp3) is 0.111. The fourth-order valence-electron chi connectivity index (χ4n) is 2.39. The maximum atomic E-state index is 13.4. The second-order valence-electron chi connectivity index (χ2n) is 5.47. The van der Waals surface area contributed by atoms with E-state index >= 15 is 0 Å². The van der Waals surface area contributed by atoms with Gasteiger partial charge < -0.3 is 10.1 Å². The first-order chi connectivity index (χ1) is 12.8. The smallest absolute Gasteiger partial charge is 0.419 e. The quantitative estimate of drug-likeness (QED) is 0.688. The Bertz CT molecular complexity index is 968. The van der Waals surface area contributed by atoms with Gasteiger partial charge in [-0.25, -0.2) is 9.07 Å². The van der Waals surface area contributed by atoms with Crippen LogP contribution in [0.2, 0.25) is 0 Å². The Kier molecular flexibility index (Phi) is 4.85. The summed E-state index contributed by atoms with van der Waals surface area (Å²) in [7, 11) is 1.34. The van der Waals surface area contributed by atoms with Crippen LogP contribution >= 0.6 is 0 Å². The molecule has 140 valence electrons. The minimum Gasteiger partial charge on any atom is -0.493 e. The maximum absolute atomic E-state index is 13.4. The summed E-state index contributed by atoms with van der Waals surface area (Å²) < 4.78 is 58.3. The number of rotatable bonds is 4. The number of nitrogens with one attached hydrogen (secondary N) is 1. The number of anilines is 1. The lowest BCUT2D eigenvalue weighted by atomic mass is 10.1. The molecule has 0 aliphatic rings. The molecule has 0 fully saturated rings. The average molecular weight is 379 g/mol. The van der Waals surface area contributed by atoms with Crippen LogP contribution in [0.15, 0.2) is 54.7 Å². The van der Waals surface area contributed by atoms with Gasteiger partial charge in [0.25, 0.3) is 5.91 Å². The van der Waals surface area contributed by atoms with E-state index in [1.807, 2.05) is 6.07 Å². The van der Waals surface area contributed by atoms with Gasteiger partial charge in [0.1, 0.15) is 5.82 Å². The van der Waals surface area contributed by atoms with E-state index in [1.54, 1.807) is 24.3 Å². The first kappa shape index (κ1) is 18.4. The van der Waals surface area contributed by atoms with Gasteiger partial charge in [-0.1, -0.05) is 18.2 Å². The van der Waals surface area contributed by atoms with Crippen LogP contribution in [0.4, 0.5) is 23.2 Å². The van der Waals surface area contributed by atoms with Gasteiger partial charge in [0.05, 0.1) is 24.6 Å². The number of hydrogen-bond donors (Lipinski definition) is 1. The average Bonchev–Trinajstić information content (AvgIpc) is 3.08. The molecular weight excluding hydrogens is 366 g/mol. The summed E-state index contributed by atoms with van der Waals surface area (Å²) in [6.07, 6.45) is -3.41. The van der Waals surface area contributed by atoms with Crippen LogP contribution in [-0.4, -0.2) is 22.8 Å². The van der Waals surface area contributed by atoms with E-state index in [4.69, 9.17) is 4.74 Å². The van der Waals surface area contributed by atoms with Gasteiger partial charge in [-0.15, -0.1) is 0 Å². The molecule has 0 bridgehead atoms. The Hall–Kier alpha value is -3.36. The number of amides is 1. The van der Waals surface area contributed by atoms with Gasteiger partial charge in [-0.2, -0.15) is 18.3 Å². The van der Waals surface area contributed by atoms with Crippen molar-refractivity contribution in [1.29, 1.82) is 0 Å². The molecule has 3 rings (SSSR count). The Morgan fingerprint density at radius 2 is 1.85 bits per heavy atom. The van der Waals surface area contributed by atoms with E-state index in [0.717, 1.165) is 6.07 Å². The maximum Gasteiger partial charge on any atom is 0.419 e. The van der Waals surface area contributed by atoms with Crippen molar-refractivity contribution in [3.05, 3.63) is 71.8 Å². The van der Waals surface area contributed by atoms with E-state index < -0.39 is 23.5 Å². The molecule has 27 heavy (non-hydrogen) atoms. The number of halogens is 4.